The number of nitrogens with one attached hydrogen (secondary N) is 2. The maximum atomic E-state index is 12.4. The molecule has 0 aliphatic carbocycles. The summed E-state index contributed by atoms with van der Waals surface area (Å²) in [5.41, 5.74) is 2.94. The smallest absolute Gasteiger partial charge is 0.328 e. The Morgan fingerprint density at radius 3 is 2.53 bits per heavy atom. The molecule has 2 aromatic heterocycles. The molecule has 0 fully saturated rings. The second-order valence-corrected chi connectivity index (χ2v) is 8.51. The van der Waals surface area contributed by atoms with E-state index in [4.69, 9.17) is 0 Å². The lowest BCUT2D eigenvalue weighted by Crippen LogP contribution is -2.38. The van der Waals surface area contributed by atoms with Crippen molar-refractivity contribution in [2.24, 2.45) is 0 Å². The number of fused-ring (bicyclic) bond motifs is 1. The summed E-state index contributed by atoms with van der Waals surface area (Å²) >= 11 is 1.64. The monoisotopic (exact) mass is 450 g/mol. The Labute approximate surface area is 188 Å². The molecule has 0 atom stereocenters. The maximum Gasteiger partial charge on any atom is 0.328 e. The third-order valence-corrected chi connectivity index (χ3v) is 6.36. The largest absolute Gasteiger partial charge is 0.349 e. The summed E-state index contributed by atoms with van der Waals surface area (Å²) in [4.78, 5) is 55.2. The summed E-state index contributed by atoms with van der Waals surface area (Å²) in [5, 5.41) is 2.62. The minimum Gasteiger partial charge on any atom is -0.349 e. The van der Waals surface area contributed by atoms with Crippen LogP contribution in [-0.4, -0.2) is 38.5 Å². The summed E-state index contributed by atoms with van der Waals surface area (Å²) < 4.78 is 1.47. The number of Topliss-reactive ketones (excluding diaryl/α,β-unsaturated/α-hetero) is 1. The number of pyridine rings is 1. The Kier molecular flexibility index (Phi) is 6.65. The fourth-order valence-corrected chi connectivity index (χ4v) is 4.63. The van der Waals surface area contributed by atoms with E-state index in [1.165, 1.54) is 4.57 Å². The predicted octanol–water partition coefficient (Wildman–Crippen LogP) is 1.78. The molecule has 9 heteroatoms. The van der Waals surface area contributed by atoms with Crippen molar-refractivity contribution in [3.05, 3.63) is 86.5 Å². The highest BCUT2D eigenvalue weighted by Crippen LogP contribution is 2.21. The SMILES string of the molecule is O=C(CCn1c2c(c(=O)[nH]c1=O)CSCC2)NCC(=O)c1ccc(-c2ccncc2)cc1. The van der Waals surface area contributed by atoms with Gasteiger partial charge >= 0.3 is 5.69 Å². The van der Waals surface area contributed by atoms with Crippen LogP contribution in [0.2, 0.25) is 0 Å². The quantitative estimate of drug-likeness (QED) is 0.531. The first-order valence-corrected chi connectivity index (χ1v) is 11.4. The van der Waals surface area contributed by atoms with Gasteiger partial charge in [-0.05, 0) is 35.4 Å². The van der Waals surface area contributed by atoms with Crippen LogP contribution in [0.5, 0.6) is 0 Å². The first-order chi connectivity index (χ1) is 15.5. The molecule has 0 spiro atoms. The number of thioether (sulfide) groups is 1. The lowest BCUT2D eigenvalue weighted by atomic mass is 10.0. The highest BCUT2D eigenvalue weighted by molar-refractivity contribution is 7.98. The van der Waals surface area contributed by atoms with E-state index in [2.05, 4.69) is 15.3 Å². The molecule has 0 saturated heterocycles. The molecule has 0 bridgehead atoms. The van der Waals surface area contributed by atoms with Crippen LogP contribution in [0, 0.1) is 0 Å². The Hall–Kier alpha value is -3.46. The van der Waals surface area contributed by atoms with Gasteiger partial charge in [0.25, 0.3) is 5.56 Å². The van der Waals surface area contributed by atoms with Crippen LogP contribution in [0.1, 0.15) is 28.0 Å². The van der Waals surface area contributed by atoms with Gasteiger partial charge in [-0.2, -0.15) is 11.8 Å². The normalized spacial score (nSPS) is 12.8. The number of hydrogen-bond acceptors (Lipinski definition) is 6. The highest BCUT2D eigenvalue weighted by atomic mass is 32.2. The number of carbonyl (C=O) groups excluding carboxylic acids is 2. The molecule has 0 radical (unpaired) electrons. The maximum absolute atomic E-state index is 12.4. The molecule has 2 N–H and O–H groups in total. The van der Waals surface area contributed by atoms with Crippen LogP contribution in [0.3, 0.4) is 0 Å². The van der Waals surface area contributed by atoms with Crippen molar-refractivity contribution in [1.82, 2.24) is 19.9 Å². The second-order valence-electron chi connectivity index (χ2n) is 7.40. The lowest BCUT2D eigenvalue weighted by Gasteiger charge is -2.19. The average Bonchev–Trinajstić information content (AvgIpc) is 2.83. The first-order valence-electron chi connectivity index (χ1n) is 10.3. The number of amides is 1. The molecular weight excluding hydrogens is 428 g/mol. The molecule has 32 heavy (non-hydrogen) atoms. The zero-order valence-corrected chi connectivity index (χ0v) is 18.1. The molecule has 1 aliphatic heterocycles. The number of rotatable bonds is 7. The van der Waals surface area contributed by atoms with Crippen molar-refractivity contribution in [1.29, 1.82) is 0 Å². The molecule has 8 nitrogen and oxygen atoms in total. The van der Waals surface area contributed by atoms with Crippen LogP contribution < -0.4 is 16.6 Å². The van der Waals surface area contributed by atoms with Crippen LogP contribution in [0.15, 0.2) is 58.4 Å². The summed E-state index contributed by atoms with van der Waals surface area (Å²) in [7, 11) is 0. The van der Waals surface area contributed by atoms with Gasteiger partial charge in [0.15, 0.2) is 5.78 Å². The highest BCUT2D eigenvalue weighted by Gasteiger charge is 2.19. The zero-order chi connectivity index (χ0) is 22.5. The molecule has 4 rings (SSSR count). The Morgan fingerprint density at radius 2 is 1.78 bits per heavy atom. The number of nitrogens with zero attached hydrogens (tertiary/aromatic N) is 2. The minimum absolute atomic E-state index is 0.0415. The van der Waals surface area contributed by atoms with Crippen LogP contribution in [-0.2, 0) is 23.5 Å². The van der Waals surface area contributed by atoms with E-state index in [9.17, 15) is 19.2 Å². The van der Waals surface area contributed by atoms with Crippen LogP contribution in [0.4, 0.5) is 0 Å². The number of benzene rings is 1. The Balaban J connectivity index is 1.33. The van der Waals surface area contributed by atoms with Crippen molar-refractivity contribution in [2.45, 2.75) is 25.1 Å². The topological polar surface area (TPSA) is 114 Å². The van der Waals surface area contributed by atoms with E-state index in [1.54, 1.807) is 36.3 Å². The lowest BCUT2D eigenvalue weighted by molar-refractivity contribution is -0.121. The standard InChI is InChI=1S/C23H22N4O4S/c28-20(17-3-1-15(2-4-17)16-5-9-24-10-6-16)13-25-21(29)7-11-27-19-8-12-32-14-18(19)22(30)26-23(27)31/h1-6,9-10H,7-8,11-14H2,(H,25,29)(H,26,30,31). The van der Waals surface area contributed by atoms with Crippen molar-refractivity contribution in [2.75, 3.05) is 12.3 Å². The third-order valence-electron chi connectivity index (χ3n) is 5.37. The van der Waals surface area contributed by atoms with E-state index in [1.807, 2.05) is 24.3 Å². The fraction of sp³-hybridized carbons (Fsp3) is 0.261. The summed E-state index contributed by atoms with van der Waals surface area (Å²) in [5.74, 6) is 0.862. The van der Waals surface area contributed by atoms with Crippen LogP contribution in [0.25, 0.3) is 11.1 Å². The van der Waals surface area contributed by atoms with Crippen molar-refractivity contribution < 1.29 is 9.59 Å². The molecule has 164 valence electrons. The number of carbonyl (C=O) groups is 2. The molecule has 3 aromatic rings. The fourth-order valence-electron chi connectivity index (χ4n) is 3.65. The van der Waals surface area contributed by atoms with Crippen molar-refractivity contribution in [3.8, 4) is 11.1 Å². The van der Waals surface area contributed by atoms with Crippen LogP contribution >= 0.6 is 11.8 Å². The number of aromatic amines is 1. The van der Waals surface area contributed by atoms with E-state index in [0.717, 1.165) is 16.9 Å². The Bertz CT molecular complexity index is 1250. The van der Waals surface area contributed by atoms with E-state index < -0.39 is 5.69 Å². The van der Waals surface area contributed by atoms with Gasteiger partial charge in [0.1, 0.15) is 0 Å². The van der Waals surface area contributed by atoms with Crippen molar-refractivity contribution in [3.63, 3.8) is 0 Å². The summed E-state index contributed by atoms with van der Waals surface area (Å²) in [6, 6.07) is 11.0. The summed E-state index contributed by atoms with van der Waals surface area (Å²) in [6.07, 6.45) is 4.08. The number of hydrogen-bond donors (Lipinski definition) is 2. The van der Waals surface area contributed by atoms with Gasteiger partial charge in [-0.25, -0.2) is 4.79 Å². The Morgan fingerprint density at radius 1 is 1.06 bits per heavy atom. The van der Waals surface area contributed by atoms with Crippen molar-refractivity contribution >= 4 is 23.5 Å². The van der Waals surface area contributed by atoms with Gasteiger partial charge in [-0.1, -0.05) is 24.3 Å². The van der Waals surface area contributed by atoms with Gasteiger partial charge in [0, 0.05) is 47.9 Å². The molecule has 0 unspecified atom stereocenters. The predicted molar refractivity (Wildman–Crippen MR) is 123 cm³/mol. The first kappa shape index (κ1) is 21.8. The molecule has 0 saturated carbocycles. The van der Waals surface area contributed by atoms with E-state index >= 15 is 0 Å². The minimum atomic E-state index is -0.501. The number of aromatic nitrogens is 3. The van der Waals surface area contributed by atoms with Gasteiger partial charge in [0.2, 0.25) is 5.91 Å². The van der Waals surface area contributed by atoms with Gasteiger partial charge in [-0.15, -0.1) is 0 Å². The summed E-state index contributed by atoms with van der Waals surface area (Å²) in [6.45, 7) is 0.0337. The average molecular weight is 451 g/mol. The molecular formula is C23H22N4O4S. The molecule has 3 heterocycles. The molecule has 1 amide bonds. The van der Waals surface area contributed by atoms with E-state index in [-0.39, 0.29) is 36.8 Å². The molecule has 1 aromatic carbocycles. The van der Waals surface area contributed by atoms with E-state index in [0.29, 0.717) is 29.0 Å². The zero-order valence-electron chi connectivity index (χ0n) is 17.3. The third kappa shape index (κ3) is 4.88. The number of ketones is 1. The molecule has 1 aliphatic rings. The van der Waals surface area contributed by atoms with Gasteiger partial charge < -0.3 is 5.32 Å². The van der Waals surface area contributed by atoms with Gasteiger partial charge in [-0.3, -0.25) is 28.9 Å². The van der Waals surface area contributed by atoms with Gasteiger partial charge in [0.05, 0.1) is 6.54 Å². The second kappa shape index (κ2) is 9.78. The number of H-pyrrole nitrogens is 1.